The summed E-state index contributed by atoms with van der Waals surface area (Å²) >= 11 is 0. The van der Waals surface area contributed by atoms with Crippen LogP contribution in [0.4, 0.5) is 0 Å². The Morgan fingerprint density at radius 3 is 2.05 bits per heavy atom. The van der Waals surface area contributed by atoms with Crippen molar-refractivity contribution in [1.82, 2.24) is 0 Å². The minimum atomic E-state index is -0.00721. The largest absolute Gasteiger partial charge is 0.497 e. The summed E-state index contributed by atoms with van der Waals surface area (Å²) in [5.74, 6) is 1.40. The van der Waals surface area contributed by atoms with E-state index in [1.807, 2.05) is 42.5 Å². The summed E-state index contributed by atoms with van der Waals surface area (Å²) in [6, 6.07) is 13.3. The Bertz CT molecular complexity index is 585. The maximum absolute atomic E-state index is 11.6. The van der Waals surface area contributed by atoms with Crippen LogP contribution in [0.5, 0.6) is 11.5 Å². The monoisotopic (exact) mass is 256 g/mol. The smallest absolute Gasteiger partial charge is 0.163 e. The van der Waals surface area contributed by atoms with Crippen LogP contribution < -0.4 is 9.47 Å². The molecule has 0 atom stereocenters. The van der Waals surface area contributed by atoms with Gasteiger partial charge in [-0.3, -0.25) is 4.79 Å². The number of hydrogen-bond donors (Lipinski definition) is 0. The molecule has 0 spiro atoms. The van der Waals surface area contributed by atoms with Crippen LogP contribution in [0.25, 0.3) is 11.1 Å². The van der Waals surface area contributed by atoms with Crippen molar-refractivity contribution in [2.45, 2.75) is 6.92 Å². The van der Waals surface area contributed by atoms with Crippen LogP contribution >= 0.6 is 0 Å². The minimum Gasteiger partial charge on any atom is -0.497 e. The van der Waals surface area contributed by atoms with Gasteiger partial charge in [-0.2, -0.15) is 0 Å². The standard InChI is InChI=1S/C16H16O3/c1-11(17)15-10-13(6-9-16(15)19-3)12-4-7-14(18-2)8-5-12/h4-10H,1-3H3. The number of carbonyl (C=O) groups is 1. The fourth-order valence-electron chi connectivity index (χ4n) is 1.95. The van der Waals surface area contributed by atoms with Gasteiger partial charge in [-0.05, 0) is 42.3 Å². The van der Waals surface area contributed by atoms with E-state index in [0.29, 0.717) is 11.3 Å². The van der Waals surface area contributed by atoms with Gasteiger partial charge >= 0.3 is 0 Å². The topological polar surface area (TPSA) is 35.5 Å². The second-order valence-corrected chi connectivity index (χ2v) is 4.20. The molecule has 0 saturated heterocycles. The van der Waals surface area contributed by atoms with Crippen LogP contribution in [0, 0.1) is 0 Å². The van der Waals surface area contributed by atoms with Crippen LogP contribution in [-0.2, 0) is 0 Å². The molecule has 2 aromatic carbocycles. The molecule has 0 radical (unpaired) electrons. The molecule has 0 unspecified atom stereocenters. The lowest BCUT2D eigenvalue weighted by Crippen LogP contribution is -1.97. The molecule has 19 heavy (non-hydrogen) atoms. The molecule has 2 rings (SSSR count). The summed E-state index contributed by atoms with van der Waals surface area (Å²) in [5.41, 5.74) is 2.61. The Hall–Kier alpha value is -2.29. The maximum Gasteiger partial charge on any atom is 0.163 e. The van der Waals surface area contributed by atoms with E-state index in [1.165, 1.54) is 6.92 Å². The molecule has 0 aliphatic heterocycles. The third-order valence-corrected chi connectivity index (χ3v) is 3.00. The van der Waals surface area contributed by atoms with Crippen molar-refractivity contribution in [3.63, 3.8) is 0 Å². The zero-order valence-corrected chi connectivity index (χ0v) is 11.3. The summed E-state index contributed by atoms with van der Waals surface area (Å²) in [6.07, 6.45) is 0. The molecule has 0 aliphatic rings. The lowest BCUT2D eigenvalue weighted by molar-refractivity contribution is 0.101. The first-order valence-corrected chi connectivity index (χ1v) is 5.99. The van der Waals surface area contributed by atoms with Crippen LogP contribution in [0.1, 0.15) is 17.3 Å². The molecule has 0 bridgehead atoms. The first-order valence-electron chi connectivity index (χ1n) is 5.99. The summed E-state index contributed by atoms with van der Waals surface area (Å²) in [6.45, 7) is 1.54. The Balaban J connectivity index is 2.44. The van der Waals surface area contributed by atoms with Crippen LogP contribution in [0.15, 0.2) is 42.5 Å². The number of hydrogen-bond acceptors (Lipinski definition) is 3. The number of ether oxygens (including phenoxy) is 2. The molecular formula is C16H16O3. The van der Waals surface area contributed by atoms with Gasteiger partial charge in [0.2, 0.25) is 0 Å². The molecule has 0 fully saturated rings. The molecule has 0 aliphatic carbocycles. The van der Waals surface area contributed by atoms with E-state index in [0.717, 1.165) is 16.9 Å². The van der Waals surface area contributed by atoms with Crippen LogP contribution in [0.2, 0.25) is 0 Å². The van der Waals surface area contributed by atoms with Gasteiger partial charge in [-0.15, -0.1) is 0 Å². The molecule has 0 aromatic heterocycles. The average Bonchev–Trinajstić information content (AvgIpc) is 2.46. The molecule has 3 heteroatoms. The van der Waals surface area contributed by atoms with Crippen molar-refractivity contribution in [1.29, 1.82) is 0 Å². The van der Waals surface area contributed by atoms with E-state index < -0.39 is 0 Å². The number of methoxy groups -OCH3 is 2. The first kappa shape index (κ1) is 13.1. The molecular weight excluding hydrogens is 240 g/mol. The Labute approximate surface area is 112 Å². The summed E-state index contributed by atoms with van der Waals surface area (Å²) in [5, 5.41) is 0. The fourth-order valence-corrected chi connectivity index (χ4v) is 1.95. The van der Waals surface area contributed by atoms with Crippen molar-refractivity contribution in [3.05, 3.63) is 48.0 Å². The number of Topliss-reactive ketones (excluding diaryl/α,β-unsaturated/α-hetero) is 1. The van der Waals surface area contributed by atoms with E-state index in [1.54, 1.807) is 14.2 Å². The highest BCUT2D eigenvalue weighted by Crippen LogP contribution is 2.28. The van der Waals surface area contributed by atoms with Crippen molar-refractivity contribution >= 4 is 5.78 Å². The van der Waals surface area contributed by atoms with Crippen LogP contribution in [-0.4, -0.2) is 20.0 Å². The highest BCUT2D eigenvalue weighted by atomic mass is 16.5. The van der Waals surface area contributed by atoms with Gasteiger partial charge in [0.15, 0.2) is 5.78 Å². The van der Waals surface area contributed by atoms with Gasteiger partial charge in [-0.25, -0.2) is 0 Å². The fraction of sp³-hybridized carbons (Fsp3) is 0.188. The van der Waals surface area contributed by atoms with E-state index >= 15 is 0 Å². The van der Waals surface area contributed by atoms with Gasteiger partial charge in [-0.1, -0.05) is 18.2 Å². The molecule has 2 aromatic rings. The molecule has 3 nitrogen and oxygen atoms in total. The minimum absolute atomic E-state index is 0.00721. The highest BCUT2D eigenvalue weighted by molar-refractivity contribution is 5.98. The number of rotatable bonds is 4. The third-order valence-electron chi connectivity index (χ3n) is 3.00. The number of benzene rings is 2. The zero-order chi connectivity index (χ0) is 13.8. The third kappa shape index (κ3) is 2.76. The van der Waals surface area contributed by atoms with Gasteiger partial charge in [0.1, 0.15) is 11.5 Å². The number of carbonyl (C=O) groups excluding carboxylic acids is 1. The van der Waals surface area contributed by atoms with E-state index in [-0.39, 0.29) is 5.78 Å². The van der Waals surface area contributed by atoms with E-state index in [4.69, 9.17) is 9.47 Å². The predicted molar refractivity (Wildman–Crippen MR) is 75.0 cm³/mol. The van der Waals surface area contributed by atoms with E-state index in [2.05, 4.69) is 0 Å². The average molecular weight is 256 g/mol. The normalized spacial score (nSPS) is 10.1. The van der Waals surface area contributed by atoms with Crippen molar-refractivity contribution in [3.8, 4) is 22.6 Å². The lowest BCUT2D eigenvalue weighted by atomic mass is 10.0. The predicted octanol–water partition coefficient (Wildman–Crippen LogP) is 3.57. The van der Waals surface area contributed by atoms with Crippen LogP contribution in [0.3, 0.4) is 0 Å². The van der Waals surface area contributed by atoms with E-state index in [9.17, 15) is 4.79 Å². The second-order valence-electron chi connectivity index (χ2n) is 4.20. The molecule has 98 valence electrons. The van der Waals surface area contributed by atoms with Gasteiger partial charge < -0.3 is 9.47 Å². The second kappa shape index (κ2) is 5.57. The quantitative estimate of drug-likeness (QED) is 0.784. The maximum atomic E-state index is 11.6. The molecule has 0 heterocycles. The van der Waals surface area contributed by atoms with Gasteiger partial charge in [0, 0.05) is 0 Å². The van der Waals surface area contributed by atoms with Crippen molar-refractivity contribution in [2.75, 3.05) is 14.2 Å². The first-order chi connectivity index (χ1) is 9.15. The SMILES string of the molecule is COc1ccc(-c2ccc(OC)c(C(C)=O)c2)cc1. The highest BCUT2D eigenvalue weighted by Gasteiger charge is 2.09. The zero-order valence-electron chi connectivity index (χ0n) is 11.3. The van der Waals surface area contributed by atoms with Gasteiger partial charge in [0.05, 0.1) is 19.8 Å². The summed E-state index contributed by atoms with van der Waals surface area (Å²) < 4.78 is 10.3. The molecule has 0 N–H and O–H groups in total. The summed E-state index contributed by atoms with van der Waals surface area (Å²) in [7, 11) is 3.20. The summed E-state index contributed by atoms with van der Waals surface area (Å²) in [4.78, 5) is 11.6. The number of ketones is 1. The lowest BCUT2D eigenvalue weighted by Gasteiger charge is -2.09. The van der Waals surface area contributed by atoms with Crippen molar-refractivity contribution in [2.24, 2.45) is 0 Å². The Morgan fingerprint density at radius 1 is 0.895 bits per heavy atom. The molecule has 0 amide bonds. The molecule has 0 saturated carbocycles. The Morgan fingerprint density at radius 2 is 1.53 bits per heavy atom. The van der Waals surface area contributed by atoms with Gasteiger partial charge in [0.25, 0.3) is 0 Å². The Kier molecular flexibility index (Phi) is 3.85. The van der Waals surface area contributed by atoms with Crippen molar-refractivity contribution < 1.29 is 14.3 Å².